The van der Waals surface area contributed by atoms with Crippen molar-refractivity contribution in [1.29, 1.82) is 0 Å². The minimum absolute atomic E-state index is 0.00703. The van der Waals surface area contributed by atoms with Gasteiger partial charge in [-0.05, 0) is 92.5 Å². The number of esters is 1. The van der Waals surface area contributed by atoms with Crippen LogP contribution in [0.5, 0.6) is 5.75 Å². The zero-order valence-corrected chi connectivity index (χ0v) is 21.7. The number of fused-ring (bicyclic) bond motifs is 1. The molecule has 0 N–H and O–H groups in total. The zero-order valence-electron chi connectivity index (χ0n) is 21.7. The van der Waals surface area contributed by atoms with Crippen molar-refractivity contribution in [2.24, 2.45) is 11.8 Å². The number of methoxy groups -OCH3 is 1. The smallest absolute Gasteiger partial charge is 0.435 e. The summed E-state index contributed by atoms with van der Waals surface area (Å²) >= 11 is 0. The van der Waals surface area contributed by atoms with Crippen LogP contribution in [0.1, 0.15) is 74.6 Å². The van der Waals surface area contributed by atoms with Crippen molar-refractivity contribution < 1.29 is 27.4 Å². The molecule has 2 aliphatic carbocycles. The molecule has 1 aromatic carbocycles. The SMILES string of the molecule is COC(=O)C(C)C(c1ccc2c(c1)OC1(CC2)CCC(N(C)c2cccnc2C(F)(F)F)CC1)C1CC1. The van der Waals surface area contributed by atoms with E-state index in [4.69, 9.17) is 9.47 Å². The van der Waals surface area contributed by atoms with Gasteiger partial charge in [-0.1, -0.05) is 19.1 Å². The molecule has 3 aliphatic rings. The molecular formula is C29H35F3N2O3. The number of ether oxygens (including phenoxy) is 2. The van der Waals surface area contributed by atoms with Crippen molar-refractivity contribution in [3.8, 4) is 5.75 Å². The number of halogens is 3. The average Bonchev–Trinajstić information content (AvgIpc) is 3.73. The molecule has 2 unspecified atom stereocenters. The van der Waals surface area contributed by atoms with Crippen LogP contribution in [0.2, 0.25) is 0 Å². The first-order valence-electron chi connectivity index (χ1n) is 13.3. The molecule has 0 radical (unpaired) electrons. The Balaban J connectivity index is 1.30. The van der Waals surface area contributed by atoms with Gasteiger partial charge in [-0.15, -0.1) is 0 Å². The van der Waals surface area contributed by atoms with Gasteiger partial charge in [0.1, 0.15) is 11.4 Å². The van der Waals surface area contributed by atoms with E-state index in [-0.39, 0.29) is 35.1 Å². The predicted molar refractivity (Wildman–Crippen MR) is 135 cm³/mol. The fourth-order valence-electron chi connectivity index (χ4n) is 6.45. The number of pyridine rings is 1. The van der Waals surface area contributed by atoms with Gasteiger partial charge in [-0.3, -0.25) is 4.79 Å². The summed E-state index contributed by atoms with van der Waals surface area (Å²) in [7, 11) is 3.17. The Morgan fingerprint density at radius 1 is 1.16 bits per heavy atom. The highest BCUT2D eigenvalue weighted by molar-refractivity contribution is 5.73. The Hall–Kier alpha value is -2.77. The number of aryl methyl sites for hydroxylation is 1. The Morgan fingerprint density at radius 2 is 1.89 bits per heavy atom. The third-order valence-corrected chi connectivity index (χ3v) is 8.74. The van der Waals surface area contributed by atoms with E-state index in [2.05, 4.69) is 23.2 Å². The van der Waals surface area contributed by atoms with Crippen LogP contribution < -0.4 is 9.64 Å². The Kier molecular flexibility index (Phi) is 6.88. The number of benzene rings is 1. The normalized spacial score (nSPS) is 25.1. The molecule has 37 heavy (non-hydrogen) atoms. The molecule has 2 fully saturated rings. The lowest BCUT2D eigenvalue weighted by Gasteiger charge is -2.46. The van der Waals surface area contributed by atoms with Crippen LogP contribution in [-0.2, 0) is 22.1 Å². The summed E-state index contributed by atoms with van der Waals surface area (Å²) in [4.78, 5) is 17.7. The van der Waals surface area contributed by atoms with E-state index in [0.29, 0.717) is 5.92 Å². The lowest BCUT2D eigenvalue weighted by atomic mass is 9.76. The Morgan fingerprint density at radius 3 is 2.54 bits per heavy atom. The highest BCUT2D eigenvalue weighted by atomic mass is 19.4. The van der Waals surface area contributed by atoms with Crippen molar-refractivity contribution in [3.05, 3.63) is 53.3 Å². The van der Waals surface area contributed by atoms with Gasteiger partial charge in [-0.25, -0.2) is 4.98 Å². The molecule has 8 heteroatoms. The van der Waals surface area contributed by atoms with Gasteiger partial charge in [0.05, 0.1) is 18.7 Å². The maximum Gasteiger partial charge on any atom is 0.435 e. The number of anilines is 1. The number of aromatic nitrogens is 1. The van der Waals surface area contributed by atoms with Crippen molar-refractivity contribution in [2.45, 2.75) is 82.0 Å². The van der Waals surface area contributed by atoms with Gasteiger partial charge in [0.15, 0.2) is 5.69 Å². The molecule has 1 aliphatic heterocycles. The minimum atomic E-state index is -4.49. The lowest BCUT2D eigenvalue weighted by molar-refractivity contribution is -0.146. The topological polar surface area (TPSA) is 51.7 Å². The second-order valence-electron chi connectivity index (χ2n) is 11.0. The quantitative estimate of drug-likeness (QED) is 0.408. The van der Waals surface area contributed by atoms with Crippen molar-refractivity contribution in [2.75, 3.05) is 19.1 Å². The molecule has 200 valence electrons. The van der Waals surface area contributed by atoms with E-state index in [1.54, 1.807) is 18.0 Å². The number of alkyl halides is 3. The third-order valence-electron chi connectivity index (χ3n) is 8.74. The fraction of sp³-hybridized carbons (Fsp3) is 0.586. The van der Waals surface area contributed by atoms with Gasteiger partial charge >= 0.3 is 12.1 Å². The van der Waals surface area contributed by atoms with Gasteiger partial charge in [0.2, 0.25) is 0 Å². The maximum absolute atomic E-state index is 13.5. The minimum Gasteiger partial charge on any atom is -0.487 e. The molecule has 2 aromatic rings. The number of carbonyl (C=O) groups is 1. The second-order valence-corrected chi connectivity index (χ2v) is 11.0. The molecule has 2 atom stereocenters. The molecule has 5 nitrogen and oxygen atoms in total. The van der Waals surface area contributed by atoms with E-state index in [9.17, 15) is 18.0 Å². The summed E-state index contributed by atoms with van der Waals surface area (Å²) < 4.78 is 52.3. The summed E-state index contributed by atoms with van der Waals surface area (Å²) in [5, 5.41) is 0. The molecule has 2 saturated carbocycles. The van der Waals surface area contributed by atoms with Crippen molar-refractivity contribution in [3.63, 3.8) is 0 Å². The standard InChI is InChI=1S/C29H35F3N2O3/c1-18(27(35)36-3)25(20-7-8-20)21-9-6-19-10-13-28(37-24(19)17-21)14-11-22(12-15-28)34(2)23-5-4-16-33-26(23)29(30,31)32/h4-6,9,16-18,20,22,25H,7-8,10-15H2,1-3H3. The van der Waals surface area contributed by atoms with Crippen LogP contribution in [-0.4, -0.2) is 36.8 Å². The van der Waals surface area contributed by atoms with E-state index in [1.165, 1.54) is 24.9 Å². The summed E-state index contributed by atoms with van der Waals surface area (Å²) in [6, 6.07) is 9.45. The number of hydrogen-bond acceptors (Lipinski definition) is 5. The Bertz CT molecular complexity index is 1140. The predicted octanol–water partition coefficient (Wildman–Crippen LogP) is 6.55. The third kappa shape index (κ3) is 5.16. The first-order valence-corrected chi connectivity index (χ1v) is 13.3. The molecule has 5 rings (SSSR count). The molecule has 2 heterocycles. The second kappa shape index (κ2) is 9.84. The molecule has 0 saturated heterocycles. The monoisotopic (exact) mass is 516 g/mol. The molecule has 1 aromatic heterocycles. The molecular weight excluding hydrogens is 481 g/mol. The Labute approximate surface area is 216 Å². The highest BCUT2D eigenvalue weighted by Crippen LogP contribution is 2.49. The fourth-order valence-corrected chi connectivity index (χ4v) is 6.45. The van der Waals surface area contributed by atoms with E-state index in [0.717, 1.165) is 62.7 Å². The summed E-state index contributed by atoms with van der Waals surface area (Å²) in [6.07, 6.45) is 3.85. The largest absolute Gasteiger partial charge is 0.487 e. The number of rotatable bonds is 6. The van der Waals surface area contributed by atoms with Crippen LogP contribution in [0.3, 0.4) is 0 Å². The summed E-state index contributed by atoms with van der Waals surface area (Å²) in [6.45, 7) is 1.95. The average molecular weight is 517 g/mol. The van der Waals surface area contributed by atoms with Crippen LogP contribution in [0.15, 0.2) is 36.5 Å². The van der Waals surface area contributed by atoms with Gasteiger partial charge < -0.3 is 14.4 Å². The van der Waals surface area contributed by atoms with Crippen LogP contribution in [0.25, 0.3) is 0 Å². The molecule has 0 bridgehead atoms. The number of hydrogen-bond donors (Lipinski definition) is 0. The lowest BCUT2D eigenvalue weighted by Crippen LogP contribution is -2.47. The van der Waals surface area contributed by atoms with Gasteiger partial charge in [0, 0.05) is 19.3 Å². The summed E-state index contributed by atoms with van der Waals surface area (Å²) in [5.74, 6) is 1.10. The van der Waals surface area contributed by atoms with Crippen molar-refractivity contribution >= 4 is 11.7 Å². The summed E-state index contributed by atoms with van der Waals surface area (Å²) in [5.41, 5.74) is 1.30. The van der Waals surface area contributed by atoms with Crippen LogP contribution in [0, 0.1) is 11.8 Å². The van der Waals surface area contributed by atoms with Gasteiger partial charge in [-0.2, -0.15) is 13.2 Å². The van der Waals surface area contributed by atoms with E-state index >= 15 is 0 Å². The number of nitrogens with zero attached hydrogens (tertiary/aromatic N) is 2. The molecule has 0 amide bonds. The van der Waals surface area contributed by atoms with Crippen LogP contribution in [0.4, 0.5) is 18.9 Å². The van der Waals surface area contributed by atoms with E-state index < -0.39 is 11.9 Å². The number of carbonyl (C=O) groups excluding carboxylic acids is 1. The maximum atomic E-state index is 13.5. The van der Waals surface area contributed by atoms with E-state index in [1.807, 2.05) is 6.92 Å². The van der Waals surface area contributed by atoms with Gasteiger partial charge in [0.25, 0.3) is 0 Å². The molecule has 1 spiro atoms. The van der Waals surface area contributed by atoms with Crippen LogP contribution >= 0.6 is 0 Å². The first kappa shape index (κ1) is 25.9. The van der Waals surface area contributed by atoms with Crippen molar-refractivity contribution in [1.82, 2.24) is 4.98 Å². The first-order chi connectivity index (χ1) is 17.6. The highest BCUT2D eigenvalue weighted by Gasteiger charge is 2.44. The zero-order chi connectivity index (χ0) is 26.4.